The number of nitrogens with two attached hydrogens (primary N) is 1. The summed E-state index contributed by atoms with van der Waals surface area (Å²) in [5.74, 6) is -0.955. The van der Waals surface area contributed by atoms with E-state index in [-0.39, 0.29) is 5.48 Å². The molecule has 1 rings (SSSR count). The van der Waals surface area contributed by atoms with E-state index in [1.165, 1.54) is 0 Å². The van der Waals surface area contributed by atoms with E-state index in [1.807, 2.05) is 31.2 Å². The smallest absolute Gasteiger partial charge is 0.320 e. The molecule has 4 heteroatoms. The molecule has 0 spiro atoms. The third kappa shape index (κ3) is 3.16. The third-order valence-corrected chi connectivity index (χ3v) is 2.02. The molecule has 0 fully saturated rings. The molecule has 78 valence electrons. The maximum atomic E-state index is 10.5. The van der Waals surface area contributed by atoms with Gasteiger partial charge in [0, 0.05) is 0 Å². The van der Waals surface area contributed by atoms with Gasteiger partial charge in [0.25, 0.3) is 0 Å². The van der Waals surface area contributed by atoms with E-state index in [2.05, 4.69) is 0 Å². The van der Waals surface area contributed by atoms with Gasteiger partial charge in [0.15, 0.2) is 0 Å². The van der Waals surface area contributed by atoms with Crippen LogP contribution in [0.3, 0.4) is 0 Å². The molecule has 0 bridgehead atoms. The highest BCUT2D eigenvalue weighted by Crippen LogP contribution is 2.08. The van der Waals surface area contributed by atoms with Crippen molar-refractivity contribution in [2.24, 2.45) is 5.73 Å². The number of carboxylic acids is 1. The maximum absolute atomic E-state index is 10.5. The van der Waals surface area contributed by atoms with E-state index in [0.717, 1.165) is 11.1 Å². The zero-order valence-electron chi connectivity index (χ0n) is 8.03. The molecule has 14 heavy (non-hydrogen) atoms. The zero-order valence-corrected chi connectivity index (χ0v) is 8.03. The molecule has 0 saturated heterocycles. The van der Waals surface area contributed by atoms with Gasteiger partial charge in [-0.3, -0.25) is 4.79 Å². The summed E-state index contributed by atoms with van der Waals surface area (Å²) in [5, 5.41) is 8.61. The SMILES string of the molecule is Cc1ccccc1C[C@@H](N)C(=O)O.O. The van der Waals surface area contributed by atoms with E-state index in [4.69, 9.17) is 10.8 Å². The predicted molar refractivity (Wildman–Crippen MR) is 54.1 cm³/mol. The lowest BCUT2D eigenvalue weighted by Crippen LogP contribution is -2.32. The number of hydrogen-bond acceptors (Lipinski definition) is 2. The Kier molecular flexibility index (Phi) is 4.83. The van der Waals surface area contributed by atoms with Gasteiger partial charge in [-0.1, -0.05) is 24.3 Å². The predicted octanol–water partition coefficient (Wildman–Crippen LogP) is 0.125. The summed E-state index contributed by atoms with van der Waals surface area (Å²) in [6, 6.07) is 6.85. The molecule has 1 aromatic carbocycles. The van der Waals surface area contributed by atoms with Gasteiger partial charge in [0.05, 0.1) is 0 Å². The molecule has 0 saturated carbocycles. The van der Waals surface area contributed by atoms with Crippen molar-refractivity contribution in [1.29, 1.82) is 0 Å². The average Bonchev–Trinajstić information content (AvgIpc) is 2.08. The second-order valence-corrected chi connectivity index (χ2v) is 3.08. The van der Waals surface area contributed by atoms with Crippen molar-refractivity contribution in [3.05, 3.63) is 35.4 Å². The Hall–Kier alpha value is -1.39. The van der Waals surface area contributed by atoms with Gasteiger partial charge in [0.1, 0.15) is 6.04 Å². The molecule has 1 aromatic rings. The van der Waals surface area contributed by atoms with Crippen molar-refractivity contribution in [3.63, 3.8) is 0 Å². The van der Waals surface area contributed by atoms with Crippen LogP contribution in [0.1, 0.15) is 11.1 Å². The minimum absolute atomic E-state index is 0. The molecule has 0 amide bonds. The first-order valence-corrected chi connectivity index (χ1v) is 4.14. The van der Waals surface area contributed by atoms with Crippen molar-refractivity contribution in [2.45, 2.75) is 19.4 Å². The van der Waals surface area contributed by atoms with Crippen LogP contribution in [-0.2, 0) is 11.2 Å². The van der Waals surface area contributed by atoms with Crippen LogP contribution in [0.5, 0.6) is 0 Å². The second kappa shape index (κ2) is 5.36. The Balaban J connectivity index is 0.00000169. The number of carboxylic acid groups (broad SMARTS) is 1. The van der Waals surface area contributed by atoms with E-state index in [9.17, 15) is 4.79 Å². The summed E-state index contributed by atoms with van der Waals surface area (Å²) in [7, 11) is 0. The van der Waals surface area contributed by atoms with Gasteiger partial charge < -0.3 is 16.3 Å². The van der Waals surface area contributed by atoms with Crippen LogP contribution in [0.2, 0.25) is 0 Å². The largest absolute Gasteiger partial charge is 0.480 e. The molecular weight excluding hydrogens is 182 g/mol. The average molecular weight is 197 g/mol. The van der Waals surface area contributed by atoms with Crippen LogP contribution in [0.15, 0.2) is 24.3 Å². The van der Waals surface area contributed by atoms with Crippen LogP contribution in [0.25, 0.3) is 0 Å². The summed E-state index contributed by atoms with van der Waals surface area (Å²) in [5.41, 5.74) is 7.50. The van der Waals surface area contributed by atoms with Gasteiger partial charge in [-0.15, -0.1) is 0 Å². The highest BCUT2D eigenvalue weighted by atomic mass is 16.4. The van der Waals surface area contributed by atoms with Crippen molar-refractivity contribution >= 4 is 5.97 Å². The minimum Gasteiger partial charge on any atom is -0.480 e. The number of carbonyl (C=O) groups is 1. The number of hydrogen-bond donors (Lipinski definition) is 2. The van der Waals surface area contributed by atoms with E-state index < -0.39 is 12.0 Å². The Labute approximate surface area is 82.7 Å². The Morgan fingerprint density at radius 2 is 2.07 bits per heavy atom. The lowest BCUT2D eigenvalue weighted by atomic mass is 10.0. The molecular formula is C10H15NO3. The normalized spacial score (nSPS) is 11.6. The van der Waals surface area contributed by atoms with Crippen LogP contribution in [0.4, 0.5) is 0 Å². The fraction of sp³-hybridized carbons (Fsp3) is 0.300. The van der Waals surface area contributed by atoms with E-state index >= 15 is 0 Å². The summed E-state index contributed by atoms with van der Waals surface area (Å²) in [6.45, 7) is 1.95. The van der Waals surface area contributed by atoms with Crippen LogP contribution in [0, 0.1) is 6.92 Å². The van der Waals surface area contributed by atoms with Crippen LogP contribution < -0.4 is 5.73 Å². The molecule has 0 unspecified atom stereocenters. The molecule has 0 aliphatic carbocycles. The Morgan fingerprint density at radius 3 is 2.57 bits per heavy atom. The monoisotopic (exact) mass is 197 g/mol. The van der Waals surface area contributed by atoms with Crippen LogP contribution in [-0.4, -0.2) is 22.6 Å². The van der Waals surface area contributed by atoms with E-state index in [1.54, 1.807) is 0 Å². The summed E-state index contributed by atoms with van der Waals surface area (Å²) >= 11 is 0. The lowest BCUT2D eigenvalue weighted by molar-refractivity contribution is -0.138. The minimum atomic E-state index is -0.955. The third-order valence-electron chi connectivity index (χ3n) is 2.02. The number of aryl methyl sites for hydroxylation is 1. The number of benzene rings is 1. The maximum Gasteiger partial charge on any atom is 0.320 e. The summed E-state index contributed by atoms with van der Waals surface area (Å²) < 4.78 is 0. The molecule has 0 heterocycles. The first kappa shape index (κ1) is 12.6. The molecule has 0 aliphatic heterocycles. The molecule has 4 nitrogen and oxygen atoms in total. The highest BCUT2D eigenvalue weighted by molar-refractivity contribution is 5.73. The lowest BCUT2D eigenvalue weighted by Gasteiger charge is -2.08. The second-order valence-electron chi connectivity index (χ2n) is 3.08. The van der Waals surface area contributed by atoms with Gasteiger partial charge >= 0.3 is 5.97 Å². The number of rotatable bonds is 3. The fourth-order valence-electron chi connectivity index (χ4n) is 1.16. The van der Waals surface area contributed by atoms with Crippen molar-refractivity contribution < 1.29 is 15.4 Å². The van der Waals surface area contributed by atoms with E-state index in [0.29, 0.717) is 6.42 Å². The number of aliphatic carboxylic acids is 1. The van der Waals surface area contributed by atoms with Crippen molar-refractivity contribution in [2.75, 3.05) is 0 Å². The molecule has 0 aromatic heterocycles. The quantitative estimate of drug-likeness (QED) is 0.720. The van der Waals surface area contributed by atoms with Gasteiger partial charge in [-0.25, -0.2) is 0 Å². The summed E-state index contributed by atoms with van der Waals surface area (Å²) in [4.78, 5) is 10.5. The first-order chi connectivity index (χ1) is 6.11. The van der Waals surface area contributed by atoms with Crippen molar-refractivity contribution in [3.8, 4) is 0 Å². The Bertz CT molecular complexity index is 312. The summed E-state index contributed by atoms with van der Waals surface area (Å²) in [6.07, 6.45) is 0.391. The van der Waals surface area contributed by atoms with Gasteiger partial charge in [0.2, 0.25) is 0 Å². The topological polar surface area (TPSA) is 94.8 Å². The molecule has 0 radical (unpaired) electrons. The fourth-order valence-corrected chi connectivity index (χ4v) is 1.16. The molecule has 1 atom stereocenters. The van der Waals surface area contributed by atoms with Crippen LogP contribution >= 0.6 is 0 Å². The molecule has 5 N–H and O–H groups in total. The first-order valence-electron chi connectivity index (χ1n) is 4.14. The van der Waals surface area contributed by atoms with Crippen molar-refractivity contribution in [1.82, 2.24) is 0 Å². The zero-order chi connectivity index (χ0) is 9.84. The molecule has 0 aliphatic rings. The van der Waals surface area contributed by atoms with Gasteiger partial charge in [-0.05, 0) is 24.5 Å². The standard InChI is InChI=1S/C10H13NO2.H2O/c1-7-4-2-3-5-8(7)6-9(11)10(12)13;/h2-5,9H,6,11H2,1H3,(H,12,13);1H2/t9-;/m1./s1. The Morgan fingerprint density at radius 1 is 1.50 bits per heavy atom. The van der Waals surface area contributed by atoms with Gasteiger partial charge in [-0.2, -0.15) is 0 Å². The highest BCUT2D eigenvalue weighted by Gasteiger charge is 2.12.